The highest BCUT2D eigenvalue weighted by Crippen LogP contribution is 2.14. The Morgan fingerprint density at radius 1 is 1.53 bits per heavy atom. The highest BCUT2D eigenvalue weighted by atomic mass is 16.5. The van der Waals surface area contributed by atoms with Crippen molar-refractivity contribution in [3.63, 3.8) is 0 Å². The lowest BCUT2D eigenvalue weighted by Crippen LogP contribution is -2.52. The van der Waals surface area contributed by atoms with Crippen LogP contribution in [0.5, 0.6) is 0 Å². The van der Waals surface area contributed by atoms with Crippen LogP contribution in [-0.4, -0.2) is 67.2 Å². The quantitative estimate of drug-likeness (QED) is 0.683. The largest absolute Gasteiger partial charge is 0.466 e. The van der Waals surface area contributed by atoms with E-state index in [1.54, 1.807) is 0 Å². The summed E-state index contributed by atoms with van der Waals surface area (Å²) in [5, 5.41) is 2.84. The lowest BCUT2D eigenvalue weighted by Gasteiger charge is -2.36. The van der Waals surface area contributed by atoms with Gasteiger partial charge in [0.2, 0.25) is 0 Å². The van der Waals surface area contributed by atoms with Crippen LogP contribution in [0.2, 0.25) is 0 Å². The Labute approximate surface area is 101 Å². The van der Waals surface area contributed by atoms with E-state index in [0.717, 1.165) is 32.7 Å². The Balaban J connectivity index is 1.74. The zero-order chi connectivity index (χ0) is 12.3. The second-order valence-corrected chi connectivity index (χ2v) is 4.39. The minimum absolute atomic E-state index is 0.0417. The van der Waals surface area contributed by atoms with E-state index in [0.29, 0.717) is 13.0 Å². The maximum atomic E-state index is 11.4. The first-order valence-electron chi connectivity index (χ1n) is 6.13. The van der Waals surface area contributed by atoms with E-state index in [2.05, 4.69) is 10.2 Å². The normalized spacial score (nSPS) is 24.4. The van der Waals surface area contributed by atoms with Crippen LogP contribution in [0.4, 0.5) is 4.79 Å². The first-order chi connectivity index (χ1) is 8.20. The molecule has 2 aliphatic rings. The molecule has 0 radical (unpaired) electrons. The third-order valence-electron chi connectivity index (χ3n) is 3.25. The van der Waals surface area contributed by atoms with Crippen LogP contribution in [0.1, 0.15) is 13.3 Å². The molecule has 2 fully saturated rings. The molecule has 2 amide bonds. The summed E-state index contributed by atoms with van der Waals surface area (Å²) in [6, 6.07) is 0.304. The first kappa shape index (κ1) is 12.2. The van der Waals surface area contributed by atoms with Crippen molar-refractivity contribution in [1.29, 1.82) is 0 Å². The smallest absolute Gasteiger partial charge is 0.317 e. The molecule has 17 heavy (non-hydrogen) atoms. The monoisotopic (exact) mass is 241 g/mol. The van der Waals surface area contributed by atoms with Crippen LogP contribution >= 0.6 is 0 Å². The van der Waals surface area contributed by atoms with Crippen LogP contribution in [0, 0.1) is 0 Å². The molecule has 0 aromatic heterocycles. The minimum Gasteiger partial charge on any atom is -0.466 e. The summed E-state index contributed by atoms with van der Waals surface area (Å²) in [6.07, 6.45) is 0.432. The highest BCUT2D eigenvalue weighted by Gasteiger charge is 2.35. The number of amides is 2. The Hall–Kier alpha value is -1.30. The number of nitrogens with one attached hydrogen (secondary N) is 1. The Morgan fingerprint density at radius 2 is 2.35 bits per heavy atom. The summed E-state index contributed by atoms with van der Waals surface area (Å²) >= 11 is 0. The summed E-state index contributed by atoms with van der Waals surface area (Å²) in [4.78, 5) is 26.7. The van der Waals surface area contributed by atoms with Gasteiger partial charge in [0.05, 0.1) is 19.1 Å². The van der Waals surface area contributed by atoms with Gasteiger partial charge in [0.15, 0.2) is 0 Å². The van der Waals surface area contributed by atoms with Crippen molar-refractivity contribution in [2.75, 3.05) is 39.3 Å². The Kier molecular flexibility index (Phi) is 3.83. The van der Waals surface area contributed by atoms with Crippen LogP contribution in [0.3, 0.4) is 0 Å². The van der Waals surface area contributed by atoms with Gasteiger partial charge < -0.3 is 15.0 Å². The molecule has 0 spiro atoms. The maximum absolute atomic E-state index is 11.4. The molecule has 1 unspecified atom stereocenters. The number of fused-ring (bicyclic) bond motifs is 1. The van der Waals surface area contributed by atoms with Gasteiger partial charge in [-0.2, -0.15) is 0 Å². The minimum atomic E-state index is -0.143. The number of rotatable bonds is 4. The van der Waals surface area contributed by atoms with Gasteiger partial charge in [-0.1, -0.05) is 0 Å². The Morgan fingerprint density at radius 3 is 3.12 bits per heavy atom. The fourth-order valence-electron chi connectivity index (χ4n) is 2.35. The summed E-state index contributed by atoms with van der Waals surface area (Å²) < 4.78 is 4.89. The zero-order valence-electron chi connectivity index (χ0n) is 10.1. The van der Waals surface area contributed by atoms with Crippen molar-refractivity contribution in [2.45, 2.75) is 19.4 Å². The molecule has 0 aromatic carbocycles. The molecule has 1 atom stereocenters. The van der Waals surface area contributed by atoms with Crippen LogP contribution in [0.15, 0.2) is 0 Å². The topological polar surface area (TPSA) is 61.9 Å². The lowest BCUT2D eigenvalue weighted by atomic mass is 10.2. The number of hydrogen-bond donors (Lipinski definition) is 1. The number of hydrogen-bond acceptors (Lipinski definition) is 4. The fourth-order valence-corrected chi connectivity index (χ4v) is 2.35. The molecule has 0 aliphatic carbocycles. The van der Waals surface area contributed by atoms with Crippen molar-refractivity contribution in [1.82, 2.24) is 15.1 Å². The molecule has 6 nitrogen and oxygen atoms in total. The van der Waals surface area contributed by atoms with Crippen molar-refractivity contribution in [3.05, 3.63) is 0 Å². The van der Waals surface area contributed by atoms with E-state index in [4.69, 9.17) is 4.74 Å². The fraction of sp³-hybridized carbons (Fsp3) is 0.818. The van der Waals surface area contributed by atoms with E-state index in [1.807, 2.05) is 11.8 Å². The number of carbonyl (C=O) groups is 2. The molecule has 2 saturated heterocycles. The SMILES string of the molecule is CCOC(=O)CCN1CCN2C(=O)NCC2C1. The third kappa shape index (κ3) is 2.88. The van der Waals surface area contributed by atoms with Gasteiger partial charge in [0.25, 0.3) is 0 Å². The standard InChI is InChI=1S/C11H19N3O3/c1-2-17-10(15)3-4-13-5-6-14-9(8-13)7-12-11(14)16/h9H,2-8H2,1H3,(H,12,16). The van der Waals surface area contributed by atoms with Gasteiger partial charge >= 0.3 is 12.0 Å². The molecule has 1 N–H and O–H groups in total. The zero-order valence-corrected chi connectivity index (χ0v) is 10.1. The summed E-state index contributed by atoms with van der Waals surface area (Å²) in [5.74, 6) is -0.143. The van der Waals surface area contributed by atoms with E-state index in [-0.39, 0.29) is 18.0 Å². The van der Waals surface area contributed by atoms with Gasteiger partial charge in [-0.15, -0.1) is 0 Å². The third-order valence-corrected chi connectivity index (χ3v) is 3.25. The predicted octanol–water partition coefficient (Wildman–Crippen LogP) is -0.351. The van der Waals surface area contributed by atoms with Gasteiger partial charge in [0.1, 0.15) is 0 Å². The van der Waals surface area contributed by atoms with Crippen molar-refractivity contribution in [3.8, 4) is 0 Å². The first-order valence-corrected chi connectivity index (χ1v) is 6.13. The number of ether oxygens (including phenoxy) is 1. The maximum Gasteiger partial charge on any atom is 0.317 e. The second-order valence-electron chi connectivity index (χ2n) is 4.39. The highest BCUT2D eigenvalue weighted by molar-refractivity contribution is 5.77. The molecular weight excluding hydrogens is 222 g/mol. The summed E-state index contributed by atoms with van der Waals surface area (Å²) in [6.45, 7) is 6.12. The average Bonchev–Trinajstić information content (AvgIpc) is 2.69. The van der Waals surface area contributed by atoms with Crippen molar-refractivity contribution in [2.24, 2.45) is 0 Å². The molecule has 2 heterocycles. The van der Waals surface area contributed by atoms with Gasteiger partial charge in [0, 0.05) is 32.7 Å². The van der Waals surface area contributed by atoms with Gasteiger partial charge in [-0.05, 0) is 6.92 Å². The van der Waals surface area contributed by atoms with E-state index in [1.165, 1.54) is 0 Å². The lowest BCUT2D eigenvalue weighted by molar-refractivity contribution is -0.143. The number of carbonyl (C=O) groups excluding carboxylic acids is 2. The molecule has 0 aromatic rings. The van der Waals surface area contributed by atoms with Crippen LogP contribution < -0.4 is 5.32 Å². The molecule has 96 valence electrons. The van der Waals surface area contributed by atoms with Gasteiger partial charge in [-0.25, -0.2) is 4.79 Å². The van der Waals surface area contributed by atoms with Gasteiger partial charge in [-0.3, -0.25) is 9.69 Å². The van der Waals surface area contributed by atoms with E-state index in [9.17, 15) is 9.59 Å². The van der Waals surface area contributed by atoms with E-state index >= 15 is 0 Å². The number of piperazine rings is 1. The molecule has 0 saturated carbocycles. The number of nitrogens with zero attached hydrogens (tertiary/aromatic N) is 2. The average molecular weight is 241 g/mol. The molecule has 6 heteroatoms. The number of esters is 1. The van der Waals surface area contributed by atoms with Crippen molar-refractivity contribution >= 4 is 12.0 Å². The summed E-state index contributed by atoms with van der Waals surface area (Å²) in [7, 11) is 0. The van der Waals surface area contributed by atoms with Crippen molar-refractivity contribution < 1.29 is 14.3 Å². The van der Waals surface area contributed by atoms with Crippen LogP contribution in [0.25, 0.3) is 0 Å². The molecule has 2 aliphatic heterocycles. The molecule has 2 rings (SSSR count). The number of urea groups is 1. The van der Waals surface area contributed by atoms with Crippen LogP contribution in [-0.2, 0) is 9.53 Å². The molecular formula is C11H19N3O3. The van der Waals surface area contributed by atoms with E-state index < -0.39 is 0 Å². The predicted molar refractivity (Wildman–Crippen MR) is 61.6 cm³/mol. The summed E-state index contributed by atoms with van der Waals surface area (Å²) in [5.41, 5.74) is 0. The molecule has 0 bridgehead atoms. The Bertz CT molecular complexity index is 308. The second kappa shape index (κ2) is 5.35.